The average molecular weight is 264 g/mol. The molecule has 1 aromatic heterocycles. The molecule has 0 aliphatic carbocycles. The lowest BCUT2D eigenvalue weighted by Gasteiger charge is -2.13. The fraction of sp³-hybridized carbons (Fsp3) is 0.308. The van der Waals surface area contributed by atoms with Crippen molar-refractivity contribution in [2.45, 2.75) is 10.8 Å². The molecule has 1 heterocycles. The first-order chi connectivity index (χ1) is 8.29. The Morgan fingerprint density at radius 2 is 2.12 bits per heavy atom. The zero-order valence-corrected chi connectivity index (χ0v) is 11.5. The number of thioether (sulfide) groups is 1. The number of hydrogen-bond donors (Lipinski definition) is 1. The summed E-state index contributed by atoms with van der Waals surface area (Å²) in [5.74, 6) is 2.40. The molecule has 0 spiro atoms. The van der Waals surface area contributed by atoms with Crippen molar-refractivity contribution in [1.29, 1.82) is 0 Å². The predicted octanol–water partition coefficient (Wildman–Crippen LogP) is 3.23. The van der Waals surface area contributed by atoms with E-state index in [1.54, 1.807) is 0 Å². The molecule has 1 aromatic carbocycles. The zero-order valence-electron chi connectivity index (χ0n) is 9.78. The van der Waals surface area contributed by atoms with Crippen LogP contribution in [0.4, 0.5) is 0 Å². The van der Waals surface area contributed by atoms with E-state index >= 15 is 0 Å². The van der Waals surface area contributed by atoms with Gasteiger partial charge in [-0.25, -0.2) is 0 Å². The van der Waals surface area contributed by atoms with Gasteiger partial charge in [-0.05, 0) is 11.3 Å². The van der Waals surface area contributed by atoms with Crippen molar-refractivity contribution in [1.82, 2.24) is 9.78 Å². The molecule has 0 aliphatic heterocycles. The van der Waals surface area contributed by atoms with Crippen LogP contribution in [-0.4, -0.2) is 21.3 Å². The molecule has 0 fully saturated rings. The van der Waals surface area contributed by atoms with Gasteiger partial charge in [-0.3, -0.25) is 4.68 Å². The third-order valence-electron chi connectivity index (χ3n) is 2.62. The number of thiol groups is 1. The fourth-order valence-electron chi connectivity index (χ4n) is 1.65. The summed E-state index contributed by atoms with van der Waals surface area (Å²) >= 11 is 6.28. The molecule has 0 aliphatic rings. The quantitative estimate of drug-likeness (QED) is 0.660. The molecule has 1 atom stereocenters. The number of benzene rings is 1. The van der Waals surface area contributed by atoms with Crippen LogP contribution in [0.25, 0.3) is 0 Å². The second kappa shape index (κ2) is 6.17. The summed E-state index contributed by atoms with van der Waals surface area (Å²) in [6.07, 6.45) is 3.95. The molecule has 0 saturated carbocycles. The molecule has 17 heavy (non-hydrogen) atoms. The van der Waals surface area contributed by atoms with Crippen molar-refractivity contribution in [3.8, 4) is 0 Å². The molecule has 90 valence electrons. The van der Waals surface area contributed by atoms with Gasteiger partial charge < -0.3 is 0 Å². The number of aryl methyl sites for hydroxylation is 1. The maximum atomic E-state index is 4.44. The molecule has 0 N–H and O–H groups in total. The van der Waals surface area contributed by atoms with Crippen molar-refractivity contribution >= 4 is 24.4 Å². The predicted molar refractivity (Wildman–Crippen MR) is 77.0 cm³/mol. The van der Waals surface area contributed by atoms with Crippen LogP contribution >= 0.6 is 24.4 Å². The summed E-state index contributed by atoms with van der Waals surface area (Å²) in [7, 11) is 1.94. The van der Waals surface area contributed by atoms with Gasteiger partial charge in [-0.2, -0.15) is 17.7 Å². The highest BCUT2D eigenvalue weighted by atomic mass is 32.2. The Kier molecular flexibility index (Phi) is 4.57. The first kappa shape index (κ1) is 12.6. The Hall–Kier alpha value is -0.870. The van der Waals surface area contributed by atoms with E-state index in [9.17, 15) is 0 Å². The second-order valence-electron chi connectivity index (χ2n) is 3.95. The number of hydrogen-bond acceptors (Lipinski definition) is 3. The minimum atomic E-state index is 0.490. The molecule has 0 amide bonds. The minimum absolute atomic E-state index is 0.490. The molecule has 2 nitrogen and oxygen atoms in total. The molecular weight excluding hydrogens is 248 g/mol. The highest BCUT2D eigenvalue weighted by Crippen LogP contribution is 2.26. The molecule has 2 aromatic rings. The molecule has 0 bridgehead atoms. The van der Waals surface area contributed by atoms with Crippen LogP contribution in [0.3, 0.4) is 0 Å². The summed E-state index contributed by atoms with van der Waals surface area (Å²) in [4.78, 5) is 1.22. The SMILES string of the molecule is Cn1cc(SCC(CS)c2ccccc2)cn1. The molecular formula is C13H16N2S2. The van der Waals surface area contributed by atoms with Gasteiger partial charge in [-0.1, -0.05) is 30.3 Å². The molecule has 0 radical (unpaired) electrons. The lowest BCUT2D eigenvalue weighted by Crippen LogP contribution is -2.03. The Balaban J connectivity index is 1.97. The molecule has 2 rings (SSSR count). The topological polar surface area (TPSA) is 17.8 Å². The first-order valence-corrected chi connectivity index (χ1v) is 7.18. The fourth-order valence-corrected chi connectivity index (χ4v) is 3.22. The second-order valence-corrected chi connectivity index (χ2v) is 5.41. The van der Waals surface area contributed by atoms with Crippen LogP contribution in [0.15, 0.2) is 47.6 Å². The summed E-state index contributed by atoms with van der Waals surface area (Å²) in [6.45, 7) is 0. The van der Waals surface area contributed by atoms with E-state index in [0.717, 1.165) is 11.5 Å². The van der Waals surface area contributed by atoms with Crippen LogP contribution in [-0.2, 0) is 7.05 Å². The van der Waals surface area contributed by atoms with Crippen molar-refractivity contribution in [3.05, 3.63) is 48.3 Å². The molecule has 1 unspecified atom stereocenters. The van der Waals surface area contributed by atoms with Crippen LogP contribution in [0.1, 0.15) is 11.5 Å². The van der Waals surface area contributed by atoms with Gasteiger partial charge in [-0.15, -0.1) is 11.8 Å². The third-order valence-corrected chi connectivity index (χ3v) is 4.18. The molecule has 4 heteroatoms. The van der Waals surface area contributed by atoms with Crippen molar-refractivity contribution in [3.63, 3.8) is 0 Å². The van der Waals surface area contributed by atoms with E-state index < -0.39 is 0 Å². The summed E-state index contributed by atoms with van der Waals surface area (Å²) < 4.78 is 1.83. The lowest BCUT2D eigenvalue weighted by molar-refractivity contribution is 0.766. The summed E-state index contributed by atoms with van der Waals surface area (Å²) in [6, 6.07) is 10.6. The highest BCUT2D eigenvalue weighted by molar-refractivity contribution is 7.99. The smallest absolute Gasteiger partial charge is 0.0625 e. The van der Waals surface area contributed by atoms with Gasteiger partial charge in [0.2, 0.25) is 0 Å². The van der Waals surface area contributed by atoms with Gasteiger partial charge in [0.1, 0.15) is 0 Å². The van der Waals surface area contributed by atoms with E-state index in [-0.39, 0.29) is 0 Å². The number of aromatic nitrogens is 2. The number of nitrogens with zero attached hydrogens (tertiary/aromatic N) is 2. The van der Waals surface area contributed by atoms with E-state index in [4.69, 9.17) is 0 Å². The number of rotatable bonds is 5. The normalized spacial score (nSPS) is 12.6. The zero-order chi connectivity index (χ0) is 12.1. The van der Waals surface area contributed by atoms with Crippen molar-refractivity contribution in [2.75, 3.05) is 11.5 Å². The van der Waals surface area contributed by atoms with Gasteiger partial charge >= 0.3 is 0 Å². The van der Waals surface area contributed by atoms with Crippen LogP contribution in [0, 0.1) is 0 Å². The van der Waals surface area contributed by atoms with E-state index in [1.807, 2.05) is 42.0 Å². The van der Waals surface area contributed by atoms with Crippen LogP contribution < -0.4 is 0 Å². The summed E-state index contributed by atoms with van der Waals surface area (Å²) in [5.41, 5.74) is 1.36. The van der Waals surface area contributed by atoms with Crippen LogP contribution in [0.2, 0.25) is 0 Å². The van der Waals surface area contributed by atoms with Crippen molar-refractivity contribution < 1.29 is 0 Å². The van der Waals surface area contributed by atoms with Gasteiger partial charge in [0.15, 0.2) is 0 Å². The third kappa shape index (κ3) is 3.54. The van der Waals surface area contributed by atoms with Gasteiger partial charge in [0.05, 0.1) is 6.20 Å². The maximum Gasteiger partial charge on any atom is 0.0625 e. The monoisotopic (exact) mass is 264 g/mol. The van der Waals surface area contributed by atoms with E-state index in [0.29, 0.717) is 5.92 Å². The maximum absolute atomic E-state index is 4.44. The van der Waals surface area contributed by atoms with Crippen LogP contribution in [0.5, 0.6) is 0 Å². The average Bonchev–Trinajstić information content (AvgIpc) is 2.77. The van der Waals surface area contributed by atoms with Gasteiger partial charge in [0, 0.05) is 29.8 Å². The standard InChI is InChI=1S/C13H16N2S2/c1-15-8-13(7-14-15)17-10-12(9-16)11-5-3-2-4-6-11/h2-8,12,16H,9-10H2,1H3. The lowest BCUT2D eigenvalue weighted by atomic mass is 10.0. The Morgan fingerprint density at radius 1 is 1.35 bits per heavy atom. The summed E-state index contributed by atoms with van der Waals surface area (Å²) in [5, 5.41) is 4.17. The first-order valence-electron chi connectivity index (χ1n) is 5.57. The van der Waals surface area contributed by atoms with Crippen molar-refractivity contribution in [2.24, 2.45) is 7.05 Å². The Bertz CT molecular complexity index is 453. The van der Waals surface area contributed by atoms with E-state index in [1.165, 1.54) is 10.5 Å². The Labute approximate surface area is 112 Å². The van der Waals surface area contributed by atoms with E-state index in [2.05, 4.69) is 42.0 Å². The van der Waals surface area contributed by atoms with Gasteiger partial charge in [0.25, 0.3) is 0 Å². The largest absolute Gasteiger partial charge is 0.275 e. The highest BCUT2D eigenvalue weighted by Gasteiger charge is 2.10. The minimum Gasteiger partial charge on any atom is -0.275 e. The molecule has 0 saturated heterocycles. The Morgan fingerprint density at radius 3 is 2.71 bits per heavy atom.